The van der Waals surface area contributed by atoms with Crippen LogP contribution in [-0.4, -0.2) is 19.7 Å². The summed E-state index contributed by atoms with van der Waals surface area (Å²) in [6.07, 6.45) is 1.24. The maximum absolute atomic E-state index is 12.8. The average Bonchev–Trinajstić information content (AvgIpc) is 2.84. The molecule has 0 N–H and O–H groups in total. The topological polar surface area (TPSA) is 84.2 Å². The molecule has 4 aromatic rings. The van der Waals surface area contributed by atoms with Crippen LogP contribution in [0.3, 0.4) is 0 Å². The number of ether oxygens (including phenoxy) is 4. The number of benzene rings is 3. The molecule has 0 amide bonds. The van der Waals surface area contributed by atoms with Crippen LogP contribution in [-0.2, 0) is 16.1 Å². The van der Waals surface area contributed by atoms with Crippen LogP contribution in [0, 0.1) is 0 Å². The zero-order valence-electron chi connectivity index (χ0n) is 17.3. The van der Waals surface area contributed by atoms with E-state index >= 15 is 0 Å². The Morgan fingerprint density at radius 1 is 0.906 bits per heavy atom. The van der Waals surface area contributed by atoms with Gasteiger partial charge in [-0.2, -0.15) is 0 Å². The first-order chi connectivity index (χ1) is 15.6. The zero-order chi connectivity index (χ0) is 22.3. The Kier molecular flexibility index (Phi) is 6.36. The van der Waals surface area contributed by atoms with Gasteiger partial charge in [0.05, 0.1) is 12.5 Å². The molecule has 0 aliphatic rings. The largest absolute Gasteiger partial charge is 0.497 e. The van der Waals surface area contributed by atoms with E-state index in [-0.39, 0.29) is 24.4 Å². The molecule has 0 fully saturated rings. The lowest BCUT2D eigenvalue weighted by atomic mass is 10.2. The van der Waals surface area contributed by atoms with Crippen LogP contribution < -0.4 is 19.6 Å². The van der Waals surface area contributed by atoms with Gasteiger partial charge in [0.1, 0.15) is 35.7 Å². The first-order valence-corrected chi connectivity index (χ1v) is 9.82. The highest BCUT2D eigenvalue weighted by molar-refractivity contribution is 5.79. The van der Waals surface area contributed by atoms with Crippen molar-refractivity contribution in [3.63, 3.8) is 0 Å². The first kappa shape index (κ1) is 21.0. The van der Waals surface area contributed by atoms with E-state index in [0.717, 1.165) is 5.56 Å². The minimum absolute atomic E-state index is 0.0453. The molecule has 0 saturated carbocycles. The lowest BCUT2D eigenvalue weighted by Crippen LogP contribution is -2.14. The van der Waals surface area contributed by atoms with E-state index in [9.17, 15) is 9.59 Å². The van der Waals surface area contributed by atoms with Crippen LogP contribution >= 0.6 is 0 Å². The van der Waals surface area contributed by atoms with Crippen molar-refractivity contribution in [1.29, 1.82) is 0 Å². The van der Waals surface area contributed by atoms with Crippen LogP contribution in [0.2, 0.25) is 0 Å². The van der Waals surface area contributed by atoms with Gasteiger partial charge < -0.3 is 23.4 Å². The predicted octanol–water partition coefficient (Wildman–Crippen LogP) is 4.72. The summed E-state index contributed by atoms with van der Waals surface area (Å²) in [5.74, 6) is 0.974. The van der Waals surface area contributed by atoms with Gasteiger partial charge in [0, 0.05) is 12.1 Å². The van der Waals surface area contributed by atoms with E-state index in [1.165, 1.54) is 12.3 Å². The smallest absolute Gasteiger partial charge is 0.344 e. The Hall–Kier alpha value is -4.26. The highest BCUT2D eigenvalue weighted by Crippen LogP contribution is 2.26. The van der Waals surface area contributed by atoms with E-state index in [0.29, 0.717) is 28.2 Å². The highest BCUT2D eigenvalue weighted by atomic mass is 16.6. The number of esters is 1. The summed E-state index contributed by atoms with van der Waals surface area (Å²) in [5, 5.41) is 0.324. The van der Waals surface area contributed by atoms with Crippen LogP contribution in [0.25, 0.3) is 11.0 Å². The van der Waals surface area contributed by atoms with Gasteiger partial charge >= 0.3 is 5.97 Å². The minimum atomic E-state index is -0.502. The molecule has 3 aromatic carbocycles. The molecule has 0 bridgehead atoms. The Morgan fingerprint density at radius 3 is 2.53 bits per heavy atom. The van der Waals surface area contributed by atoms with Crippen LogP contribution in [0.5, 0.6) is 23.0 Å². The fourth-order valence-electron chi connectivity index (χ4n) is 2.96. The molecule has 4 rings (SSSR count). The van der Waals surface area contributed by atoms with Crippen molar-refractivity contribution in [2.24, 2.45) is 0 Å². The molecule has 0 saturated heterocycles. The summed E-state index contributed by atoms with van der Waals surface area (Å²) in [6, 6.07) is 20.9. The number of carbonyl (C=O) groups is 1. The monoisotopic (exact) mass is 432 g/mol. The van der Waals surface area contributed by atoms with Crippen molar-refractivity contribution in [1.82, 2.24) is 0 Å². The van der Waals surface area contributed by atoms with Crippen molar-refractivity contribution in [3.05, 3.63) is 94.8 Å². The third kappa shape index (κ3) is 5.07. The van der Waals surface area contributed by atoms with Gasteiger partial charge in [-0.3, -0.25) is 4.79 Å². The Morgan fingerprint density at radius 2 is 1.72 bits per heavy atom. The van der Waals surface area contributed by atoms with Crippen molar-refractivity contribution < 1.29 is 28.2 Å². The molecule has 0 atom stereocenters. The van der Waals surface area contributed by atoms with Gasteiger partial charge in [-0.15, -0.1) is 0 Å². The highest BCUT2D eigenvalue weighted by Gasteiger charge is 2.12. The number of hydrogen-bond donors (Lipinski definition) is 0. The second kappa shape index (κ2) is 9.70. The van der Waals surface area contributed by atoms with Crippen LogP contribution in [0.1, 0.15) is 5.56 Å². The minimum Gasteiger partial charge on any atom is -0.497 e. The van der Waals surface area contributed by atoms with Gasteiger partial charge in [0.2, 0.25) is 11.2 Å². The number of rotatable bonds is 8. The maximum atomic E-state index is 12.8. The molecule has 1 heterocycles. The molecule has 7 heteroatoms. The number of methoxy groups -OCH3 is 1. The van der Waals surface area contributed by atoms with E-state index < -0.39 is 5.97 Å². The number of hydrogen-bond acceptors (Lipinski definition) is 7. The van der Waals surface area contributed by atoms with Gasteiger partial charge in [0.15, 0.2) is 6.61 Å². The Bertz CT molecular complexity index is 1280. The molecular formula is C25H20O7. The van der Waals surface area contributed by atoms with Crippen molar-refractivity contribution in [2.45, 2.75) is 6.61 Å². The van der Waals surface area contributed by atoms with E-state index in [1.54, 1.807) is 43.5 Å². The normalized spacial score (nSPS) is 10.5. The molecule has 162 valence electrons. The summed E-state index contributed by atoms with van der Waals surface area (Å²) < 4.78 is 27.0. The van der Waals surface area contributed by atoms with E-state index in [1.807, 2.05) is 30.3 Å². The number of fused-ring (bicyclic) bond motifs is 1. The Balaban J connectivity index is 1.41. The summed E-state index contributed by atoms with van der Waals surface area (Å²) >= 11 is 0. The van der Waals surface area contributed by atoms with Gasteiger partial charge in [-0.25, -0.2) is 4.79 Å². The van der Waals surface area contributed by atoms with Gasteiger partial charge in [0.25, 0.3) is 0 Å². The summed E-state index contributed by atoms with van der Waals surface area (Å²) in [5.41, 5.74) is 0.867. The third-order valence-corrected chi connectivity index (χ3v) is 4.58. The molecule has 7 nitrogen and oxygen atoms in total. The first-order valence-electron chi connectivity index (χ1n) is 9.82. The molecule has 0 unspecified atom stereocenters. The lowest BCUT2D eigenvalue weighted by molar-refractivity contribution is -0.147. The molecule has 32 heavy (non-hydrogen) atoms. The fraction of sp³-hybridized carbons (Fsp3) is 0.120. The zero-order valence-corrected chi connectivity index (χ0v) is 17.3. The van der Waals surface area contributed by atoms with Gasteiger partial charge in [-0.05, 0) is 29.8 Å². The second-order valence-corrected chi connectivity index (χ2v) is 6.80. The standard InChI is InChI=1S/C25H20O7/c1-28-18-8-5-9-20(12-18)32-23-15-30-22-13-19(10-11-21(22)25(23)27)29-16-24(26)31-14-17-6-3-2-4-7-17/h2-13,15H,14,16H2,1H3. The van der Waals surface area contributed by atoms with E-state index in [4.69, 9.17) is 23.4 Å². The maximum Gasteiger partial charge on any atom is 0.344 e. The SMILES string of the molecule is COc1cccc(Oc2coc3cc(OCC(=O)OCc4ccccc4)ccc3c2=O)c1. The quantitative estimate of drug-likeness (QED) is 0.373. The molecular weight excluding hydrogens is 412 g/mol. The Labute approximate surface area is 183 Å². The molecule has 0 spiro atoms. The molecule has 1 aromatic heterocycles. The van der Waals surface area contributed by atoms with Gasteiger partial charge in [-0.1, -0.05) is 36.4 Å². The van der Waals surface area contributed by atoms with E-state index in [2.05, 4.69) is 0 Å². The average molecular weight is 432 g/mol. The van der Waals surface area contributed by atoms with Crippen molar-refractivity contribution in [2.75, 3.05) is 13.7 Å². The van der Waals surface area contributed by atoms with Crippen LogP contribution in [0.4, 0.5) is 0 Å². The van der Waals surface area contributed by atoms with Crippen LogP contribution in [0.15, 0.2) is 88.3 Å². The van der Waals surface area contributed by atoms with Crippen molar-refractivity contribution in [3.8, 4) is 23.0 Å². The third-order valence-electron chi connectivity index (χ3n) is 4.58. The second-order valence-electron chi connectivity index (χ2n) is 6.80. The summed E-state index contributed by atoms with van der Waals surface area (Å²) in [6.45, 7) is -0.0920. The summed E-state index contributed by atoms with van der Waals surface area (Å²) in [4.78, 5) is 24.7. The molecule has 0 radical (unpaired) electrons. The van der Waals surface area contributed by atoms with Crippen molar-refractivity contribution >= 4 is 16.9 Å². The lowest BCUT2D eigenvalue weighted by Gasteiger charge is -2.09. The fourth-order valence-corrected chi connectivity index (χ4v) is 2.96. The molecule has 0 aliphatic heterocycles. The number of carbonyl (C=O) groups excluding carboxylic acids is 1. The predicted molar refractivity (Wildman–Crippen MR) is 117 cm³/mol. The molecule has 0 aliphatic carbocycles. The summed E-state index contributed by atoms with van der Waals surface area (Å²) in [7, 11) is 1.55.